The molecule has 0 radical (unpaired) electrons. The number of carbonyl (C=O) groups excluding carboxylic acids is 1. The molecular weight excluding hydrogens is 290 g/mol. The number of hydrogen-bond donors (Lipinski definition) is 2. The highest BCUT2D eigenvalue weighted by atomic mass is 16.5. The third-order valence-electron chi connectivity index (χ3n) is 3.49. The number of ether oxygens (including phenoxy) is 1. The summed E-state index contributed by atoms with van der Waals surface area (Å²) in [6, 6.07) is 17.0. The molecule has 2 N–H and O–H groups in total. The van der Waals surface area contributed by atoms with Crippen LogP contribution in [0.1, 0.15) is 31.4 Å². The normalized spacial score (nSPS) is 11.1. The minimum absolute atomic E-state index is 0.0486. The van der Waals surface area contributed by atoms with E-state index in [2.05, 4.69) is 5.32 Å². The number of carbonyl (C=O) groups is 1. The molecule has 0 aliphatic rings. The van der Waals surface area contributed by atoms with Crippen molar-refractivity contribution in [2.45, 2.75) is 32.4 Å². The molecule has 2 aromatic rings. The molecular formula is C19H23NO3. The fourth-order valence-electron chi connectivity index (χ4n) is 2.10. The van der Waals surface area contributed by atoms with Gasteiger partial charge in [-0.3, -0.25) is 4.79 Å². The van der Waals surface area contributed by atoms with Crippen molar-refractivity contribution in [2.75, 3.05) is 6.61 Å². The monoisotopic (exact) mass is 313 g/mol. The quantitative estimate of drug-likeness (QED) is 0.826. The first-order valence-corrected chi connectivity index (χ1v) is 7.71. The Bertz CT molecular complexity index is 615. The zero-order valence-electron chi connectivity index (χ0n) is 13.6. The highest BCUT2D eigenvalue weighted by molar-refractivity contribution is 5.76. The first-order valence-electron chi connectivity index (χ1n) is 7.71. The first kappa shape index (κ1) is 17.0. The summed E-state index contributed by atoms with van der Waals surface area (Å²) in [6.07, 6.45) is 0.316. The Morgan fingerprint density at radius 3 is 2.35 bits per heavy atom. The Balaban J connectivity index is 1.72. The van der Waals surface area contributed by atoms with Crippen molar-refractivity contribution in [1.29, 1.82) is 0 Å². The summed E-state index contributed by atoms with van der Waals surface area (Å²) in [5.41, 5.74) is 0.996. The fourth-order valence-corrected chi connectivity index (χ4v) is 2.10. The molecule has 0 spiro atoms. The third kappa shape index (κ3) is 5.75. The molecule has 0 unspecified atom stereocenters. The van der Waals surface area contributed by atoms with E-state index >= 15 is 0 Å². The second-order valence-corrected chi connectivity index (χ2v) is 5.94. The number of hydrogen-bond acceptors (Lipinski definition) is 3. The molecule has 4 heteroatoms. The van der Waals surface area contributed by atoms with E-state index in [4.69, 9.17) is 4.74 Å². The molecule has 0 aromatic heterocycles. The first-order chi connectivity index (χ1) is 10.9. The third-order valence-corrected chi connectivity index (χ3v) is 3.49. The summed E-state index contributed by atoms with van der Waals surface area (Å²) in [4.78, 5) is 11.8. The maximum atomic E-state index is 11.8. The minimum atomic E-state index is -0.851. The second kappa shape index (κ2) is 7.79. The van der Waals surface area contributed by atoms with Gasteiger partial charge in [0.2, 0.25) is 5.91 Å². The van der Waals surface area contributed by atoms with Gasteiger partial charge in [-0.05, 0) is 37.1 Å². The van der Waals surface area contributed by atoms with Gasteiger partial charge in [0.1, 0.15) is 5.75 Å². The summed E-state index contributed by atoms with van der Waals surface area (Å²) in [7, 11) is 0. The number of benzene rings is 2. The zero-order valence-corrected chi connectivity index (χ0v) is 13.6. The highest BCUT2D eigenvalue weighted by Crippen LogP contribution is 2.19. The van der Waals surface area contributed by atoms with Crippen LogP contribution >= 0.6 is 0 Å². The van der Waals surface area contributed by atoms with Crippen LogP contribution < -0.4 is 10.1 Å². The van der Waals surface area contributed by atoms with Gasteiger partial charge in [0.25, 0.3) is 0 Å². The Labute approximate surface area is 137 Å². The van der Waals surface area contributed by atoms with E-state index in [0.717, 1.165) is 16.9 Å². The number of amides is 1. The van der Waals surface area contributed by atoms with Crippen LogP contribution in [0.15, 0.2) is 54.6 Å². The summed E-state index contributed by atoms with van der Waals surface area (Å²) in [5.74, 6) is 0.718. The molecule has 122 valence electrons. The number of rotatable bonds is 7. The van der Waals surface area contributed by atoms with Gasteiger partial charge in [-0.2, -0.15) is 0 Å². The van der Waals surface area contributed by atoms with Crippen LogP contribution in [0.25, 0.3) is 0 Å². The predicted molar refractivity (Wildman–Crippen MR) is 90.1 cm³/mol. The maximum absolute atomic E-state index is 11.8. The van der Waals surface area contributed by atoms with Crippen LogP contribution in [0.4, 0.5) is 0 Å². The molecule has 0 aliphatic heterocycles. The summed E-state index contributed by atoms with van der Waals surface area (Å²) in [5, 5.41) is 12.8. The lowest BCUT2D eigenvalue weighted by Crippen LogP contribution is -2.24. The molecule has 23 heavy (non-hydrogen) atoms. The van der Waals surface area contributed by atoms with Crippen LogP contribution in [0.2, 0.25) is 0 Å². The average molecular weight is 313 g/mol. The van der Waals surface area contributed by atoms with Crippen LogP contribution in [-0.4, -0.2) is 17.6 Å². The lowest BCUT2D eigenvalue weighted by Gasteiger charge is -2.18. The van der Waals surface area contributed by atoms with Crippen molar-refractivity contribution in [3.05, 3.63) is 65.7 Å². The standard InChI is InChI=1S/C19H23NO3/c1-19(2,22)16-10-8-15(9-11-16)14-20-18(21)12-13-23-17-6-4-3-5-7-17/h3-11,22H,12-14H2,1-2H3,(H,20,21). The van der Waals surface area contributed by atoms with Gasteiger partial charge >= 0.3 is 0 Å². The molecule has 0 bridgehead atoms. The van der Waals surface area contributed by atoms with Crippen molar-refractivity contribution in [2.24, 2.45) is 0 Å². The Hall–Kier alpha value is -2.33. The van der Waals surface area contributed by atoms with E-state index in [-0.39, 0.29) is 5.91 Å². The van der Waals surface area contributed by atoms with Gasteiger partial charge in [0, 0.05) is 6.54 Å². The summed E-state index contributed by atoms with van der Waals surface area (Å²) < 4.78 is 5.49. The van der Waals surface area contributed by atoms with Gasteiger partial charge in [-0.25, -0.2) is 0 Å². The molecule has 2 aromatic carbocycles. The lowest BCUT2D eigenvalue weighted by atomic mass is 9.97. The molecule has 4 nitrogen and oxygen atoms in total. The van der Waals surface area contributed by atoms with E-state index in [0.29, 0.717) is 19.6 Å². The van der Waals surface area contributed by atoms with E-state index in [9.17, 15) is 9.90 Å². The molecule has 0 fully saturated rings. The average Bonchev–Trinajstić information content (AvgIpc) is 2.53. The highest BCUT2D eigenvalue weighted by Gasteiger charge is 2.15. The van der Waals surface area contributed by atoms with Gasteiger partial charge < -0.3 is 15.2 Å². The number of aliphatic hydroxyl groups is 1. The van der Waals surface area contributed by atoms with Crippen molar-refractivity contribution < 1.29 is 14.6 Å². The van der Waals surface area contributed by atoms with Gasteiger partial charge in [0.05, 0.1) is 18.6 Å². The van der Waals surface area contributed by atoms with Crippen LogP contribution in [0.5, 0.6) is 5.75 Å². The van der Waals surface area contributed by atoms with Gasteiger partial charge in [-0.15, -0.1) is 0 Å². The maximum Gasteiger partial charge on any atom is 0.223 e. The van der Waals surface area contributed by atoms with Gasteiger partial charge in [-0.1, -0.05) is 42.5 Å². The van der Waals surface area contributed by atoms with E-state index in [1.807, 2.05) is 54.6 Å². The largest absolute Gasteiger partial charge is 0.493 e. The van der Waals surface area contributed by atoms with E-state index in [1.165, 1.54) is 0 Å². The minimum Gasteiger partial charge on any atom is -0.493 e. The topological polar surface area (TPSA) is 58.6 Å². The van der Waals surface area contributed by atoms with E-state index < -0.39 is 5.60 Å². The van der Waals surface area contributed by atoms with E-state index in [1.54, 1.807) is 13.8 Å². The van der Waals surface area contributed by atoms with Crippen molar-refractivity contribution in [1.82, 2.24) is 5.32 Å². The zero-order chi connectivity index (χ0) is 16.7. The molecule has 0 saturated heterocycles. The molecule has 0 atom stereocenters. The molecule has 0 heterocycles. The van der Waals surface area contributed by atoms with Crippen molar-refractivity contribution >= 4 is 5.91 Å². The molecule has 1 amide bonds. The summed E-state index contributed by atoms with van der Waals surface area (Å²) >= 11 is 0. The van der Waals surface area contributed by atoms with Crippen molar-refractivity contribution in [3.8, 4) is 5.75 Å². The Kier molecular flexibility index (Phi) is 5.77. The van der Waals surface area contributed by atoms with Crippen LogP contribution in [-0.2, 0) is 16.9 Å². The Morgan fingerprint density at radius 2 is 1.74 bits per heavy atom. The summed E-state index contributed by atoms with van der Waals surface area (Å²) in [6.45, 7) is 4.32. The molecule has 2 rings (SSSR count). The fraction of sp³-hybridized carbons (Fsp3) is 0.316. The number of nitrogens with one attached hydrogen (secondary N) is 1. The molecule has 0 aliphatic carbocycles. The number of para-hydroxylation sites is 1. The lowest BCUT2D eigenvalue weighted by molar-refractivity contribution is -0.121. The molecule has 0 saturated carbocycles. The van der Waals surface area contributed by atoms with Crippen molar-refractivity contribution in [3.63, 3.8) is 0 Å². The smallest absolute Gasteiger partial charge is 0.223 e. The SMILES string of the molecule is CC(C)(O)c1ccc(CNC(=O)CCOc2ccccc2)cc1. The van der Waals surface area contributed by atoms with Crippen LogP contribution in [0, 0.1) is 0 Å². The van der Waals surface area contributed by atoms with Crippen LogP contribution in [0.3, 0.4) is 0 Å². The predicted octanol–water partition coefficient (Wildman–Crippen LogP) is 3.00. The Morgan fingerprint density at radius 1 is 1.09 bits per heavy atom. The second-order valence-electron chi connectivity index (χ2n) is 5.94. The van der Waals surface area contributed by atoms with Gasteiger partial charge in [0.15, 0.2) is 0 Å².